The van der Waals surface area contributed by atoms with Gasteiger partial charge in [0.2, 0.25) is 0 Å². The molecule has 1 aliphatic carbocycles. The van der Waals surface area contributed by atoms with Gasteiger partial charge < -0.3 is 0 Å². The molecule has 2 rings (SSSR count). The highest BCUT2D eigenvalue weighted by Gasteiger charge is 2.43. The Hall–Kier alpha value is 0.480. The fourth-order valence-corrected chi connectivity index (χ4v) is 3.91. The van der Waals surface area contributed by atoms with E-state index in [9.17, 15) is 13.2 Å². The third-order valence-corrected chi connectivity index (χ3v) is 4.72. The average molecular weight is 361 g/mol. The second-order valence-corrected chi connectivity index (χ2v) is 6.44. The molecule has 2 fully saturated rings. The fraction of sp³-hybridized carbons (Fsp3) is 1.00. The molecule has 0 N–H and O–H groups in total. The van der Waals surface area contributed by atoms with Crippen molar-refractivity contribution in [2.45, 2.75) is 31.9 Å². The summed E-state index contributed by atoms with van der Waals surface area (Å²) in [5.41, 5.74) is 0. The quantitative estimate of drug-likeness (QED) is 0.545. The van der Waals surface area contributed by atoms with Gasteiger partial charge in [-0.3, -0.25) is 4.90 Å². The molecule has 0 bridgehead atoms. The van der Waals surface area contributed by atoms with E-state index in [4.69, 9.17) is 0 Å². The molecule has 1 saturated heterocycles. The molecule has 17 heavy (non-hydrogen) atoms. The van der Waals surface area contributed by atoms with Crippen LogP contribution in [-0.2, 0) is 0 Å². The van der Waals surface area contributed by atoms with Crippen LogP contribution in [0.25, 0.3) is 0 Å². The van der Waals surface area contributed by atoms with Gasteiger partial charge in [-0.1, -0.05) is 22.6 Å². The number of rotatable bonds is 4. The van der Waals surface area contributed by atoms with Crippen molar-refractivity contribution in [3.8, 4) is 0 Å². The Bertz CT molecular complexity index is 249. The first-order chi connectivity index (χ1) is 7.99. The van der Waals surface area contributed by atoms with Crippen molar-refractivity contribution >= 4 is 22.6 Å². The first kappa shape index (κ1) is 13.9. The number of alkyl halides is 4. The zero-order valence-corrected chi connectivity index (χ0v) is 12.0. The van der Waals surface area contributed by atoms with Crippen LogP contribution < -0.4 is 0 Å². The molecule has 1 nitrogen and oxygen atoms in total. The third-order valence-electron chi connectivity index (χ3n) is 4.10. The van der Waals surface area contributed by atoms with Crippen LogP contribution in [0.5, 0.6) is 0 Å². The van der Waals surface area contributed by atoms with Crippen molar-refractivity contribution in [1.29, 1.82) is 0 Å². The lowest BCUT2D eigenvalue weighted by Gasteiger charge is -2.32. The minimum Gasteiger partial charge on any atom is -0.295 e. The fourth-order valence-electron chi connectivity index (χ4n) is 3.11. The minimum atomic E-state index is -4.03. The van der Waals surface area contributed by atoms with Crippen molar-refractivity contribution < 1.29 is 13.2 Å². The Balaban J connectivity index is 1.69. The van der Waals surface area contributed by atoms with Crippen LogP contribution in [0.1, 0.15) is 25.7 Å². The van der Waals surface area contributed by atoms with Gasteiger partial charge in [-0.05, 0) is 61.0 Å². The summed E-state index contributed by atoms with van der Waals surface area (Å²) in [7, 11) is 0. The van der Waals surface area contributed by atoms with Gasteiger partial charge in [0.05, 0.1) is 6.54 Å². The molecular formula is C12H19F3IN. The van der Waals surface area contributed by atoms with Gasteiger partial charge in [-0.2, -0.15) is 13.2 Å². The molecule has 0 amide bonds. The van der Waals surface area contributed by atoms with Crippen LogP contribution in [0.3, 0.4) is 0 Å². The van der Waals surface area contributed by atoms with E-state index < -0.39 is 12.7 Å². The second-order valence-electron chi connectivity index (χ2n) is 5.37. The molecule has 2 atom stereocenters. The van der Waals surface area contributed by atoms with Gasteiger partial charge in [0.25, 0.3) is 0 Å². The van der Waals surface area contributed by atoms with Crippen LogP contribution in [0.15, 0.2) is 0 Å². The molecule has 0 aromatic heterocycles. The molecule has 0 unspecified atom stereocenters. The van der Waals surface area contributed by atoms with Gasteiger partial charge in [-0.25, -0.2) is 0 Å². The highest BCUT2D eigenvalue weighted by atomic mass is 127. The van der Waals surface area contributed by atoms with Gasteiger partial charge in [-0.15, -0.1) is 0 Å². The molecule has 1 heterocycles. The SMILES string of the molecule is FC(F)(F)CN1CCC([C@H]2C[C@H]2CCI)CC1. The standard InChI is InChI=1S/C12H19F3IN/c13-12(14,15)8-17-5-2-9(3-6-17)11-7-10(11)1-4-16/h9-11H,1-8H2/t10-,11-/m1/s1. The topological polar surface area (TPSA) is 3.24 Å². The number of hydrogen-bond donors (Lipinski definition) is 0. The maximum Gasteiger partial charge on any atom is 0.401 e. The Kier molecular flexibility index (Phi) is 4.61. The Morgan fingerprint density at radius 2 is 1.82 bits per heavy atom. The van der Waals surface area contributed by atoms with Crippen molar-refractivity contribution in [3.05, 3.63) is 0 Å². The van der Waals surface area contributed by atoms with Crippen molar-refractivity contribution in [2.24, 2.45) is 17.8 Å². The average Bonchev–Trinajstić information content (AvgIpc) is 2.96. The van der Waals surface area contributed by atoms with E-state index >= 15 is 0 Å². The van der Waals surface area contributed by atoms with Crippen molar-refractivity contribution in [1.82, 2.24) is 4.90 Å². The monoisotopic (exact) mass is 361 g/mol. The molecule has 1 aliphatic heterocycles. The zero-order chi connectivity index (χ0) is 12.5. The van der Waals surface area contributed by atoms with E-state index in [1.807, 2.05) is 0 Å². The lowest BCUT2D eigenvalue weighted by molar-refractivity contribution is -0.148. The highest BCUT2D eigenvalue weighted by Crippen LogP contribution is 2.50. The molecule has 5 heteroatoms. The summed E-state index contributed by atoms with van der Waals surface area (Å²) in [5, 5.41) is 0. The normalized spacial score (nSPS) is 31.8. The summed E-state index contributed by atoms with van der Waals surface area (Å²) in [6.45, 7) is 0.552. The number of nitrogens with zero attached hydrogens (tertiary/aromatic N) is 1. The molecule has 100 valence electrons. The van der Waals surface area contributed by atoms with Crippen molar-refractivity contribution in [2.75, 3.05) is 24.1 Å². The molecule has 0 aromatic carbocycles. The summed E-state index contributed by atoms with van der Waals surface area (Å²) >= 11 is 2.41. The third kappa shape index (κ3) is 4.26. The zero-order valence-electron chi connectivity index (χ0n) is 9.85. The number of piperidine rings is 1. The van der Waals surface area contributed by atoms with Gasteiger partial charge >= 0.3 is 6.18 Å². The second kappa shape index (κ2) is 5.63. The minimum absolute atomic E-state index is 0.637. The van der Waals surface area contributed by atoms with Crippen LogP contribution in [0.2, 0.25) is 0 Å². The summed E-state index contributed by atoms with van der Waals surface area (Å²) < 4.78 is 37.9. The lowest BCUT2D eigenvalue weighted by atomic mass is 9.90. The Labute approximate surface area is 114 Å². The molecular weight excluding hydrogens is 342 g/mol. The van der Waals surface area contributed by atoms with E-state index in [2.05, 4.69) is 22.6 Å². The smallest absolute Gasteiger partial charge is 0.295 e. The van der Waals surface area contributed by atoms with E-state index in [1.54, 1.807) is 4.90 Å². The first-order valence-corrected chi connectivity index (χ1v) is 7.87. The molecule has 0 aromatic rings. The number of hydrogen-bond acceptors (Lipinski definition) is 1. The van der Waals surface area contributed by atoms with E-state index in [-0.39, 0.29) is 0 Å². The molecule has 1 saturated carbocycles. The predicted molar refractivity (Wildman–Crippen MR) is 70.3 cm³/mol. The van der Waals surface area contributed by atoms with Crippen LogP contribution in [-0.4, -0.2) is 35.1 Å². The van der Waals surface area contributed by atoms with Crippen LogP contribution in [0.4, 0.5) is 13.2 Å². The summed E-state index contributed by atoms with van der Waals surface area (Å²) in [6, 6.07) is 0. The van der Waals surface area contributed by atoms with Gasteiger partial charge in [0.1, 0.15) is 0 Å². The van der Waals surface area contributed by atoms with E-state index in [0.29, 0.717) is 19.0 Å². The predicted octanol–water partition coefficient (Wildman–Crippen LogP) is 3.72. The molecule has 2 aliphatic rings. The highest BCUT2D eigenvalue weighted by molar-refractivity contribution is 14.1. The van der Waals surface area contributed by atoms with Gasteiger partial charge in [0.15, 0.2) is 0 Å². The summed E-state index contributed by atoms with van der Waals surface area (Å²) in [4.78, 5) is 1.56. The lowest BCUT2D eigenvalue weighted by Crippen LogP contribution is -2.40. The maximum absolute atomic E-state index is 12.2. The van der Waals surface area contributed by atoms with Crippen LogP contribution >= 0.6 is 22.6 Å². The van der Waals surface area contributed by atoms with Crippen LogP contribution in [0, 0.1) is 17.8 Å². The first-order valence-electron chi connectivity index (χ1n) is 6.34. The van der Waals surface area contributed by atoms with Gasteiger partial charge in [0, 0.05) is 0 Å². The Morgan fingerprint density at radius 3 is 2.35 bits per heavy atom. The number of halogens is 4. The largest absolute Gasteiger partial charge is 0.401 e. The summed E-state index contributed by atoms with van der Waals surface area (Å²) in [5.74, 6) is 2.41. The van der Waals surface area contributed by atoms with Crippen molar-refractivity contribution in [3.63, 3.8) is 0 Å². The summed E-state index contributed by atoms with van der Waals surface area (Å²) in [6.07, 6.45) is 0.536. The Morgan fingerprint density at radius 1 is 1.18 bits per heavy atom. The molecule has 0 radical (unpaired) electrons. The van der Waals surface area contributed by atoms with E-state index in [1.165, 1.54) is 17.3 Å². The maximum atomic E-state index is 12.2. The molecule has 0 spiro atoms. The number of likely N-dealkylation sites (tertiary alicyclic amines) is 1. The van der Waals surface area contributed by atoms with E-state index in [0.717, 1.165) is 24.7 Å².